The zero-order chi connectivity index (χ0) is 14.3. The maximum absolute atomic E-state index is 11.7. The summed E-state index contributed by atoms with van der Waals surface area (Å²) >= 11 is 0. The summed E-state index contributed by atoms with van der Waals surface area (Å²) in [6.45, 7) is 0. The highest BCUT2D eigenvalue weighted by Crippen LogP contribution is 2.40. The van der Waals surface area contributed by atoms with E-state index in [0.29, 0.717) is 10.9 Å². The minimum absolute atomic E-state index is 0.161. The molecule has 0 aliphatic rings. The van der Waals surface area contributed by atoms with Crippen molar-refractivity contribution >= 4 is 11.0 Å². The van der Waals surface area contributed by atoms with Crippen molar-refractivity contribution in [3.05, 3.63) is 52.9 Å². The van der Waals surface area contributed by atoms with E-state index < -0.39 is 22.9 Å². The van der Waals surface area contributed by atoms with E-state index in [0.717, 1.165) is 0 Å². The molecule has 0 bridgehead atoms. The molecule has 2 aromatic carbocycles. The molecule has 0 spiro atoms. The second-order valence-corrected chi connectivity index (χ2v) is 4.29. The molecule has 3 rings (SSSR count). The predicted octanol–water partition coefficient (Wildman–Crippen LogP) is 2.58. The third-order valence-electron chi connectivity index (χ3n) is 3.07. The zero-order valence-electron chi connectivity index (χ0n) is 10.2. The second kappa shape index (κ2) is 4.31. The van der Waals surface area contributed by atoms with Gasteiger partial charge in [0.15, 0.2) is 11.3 Å². The molecule has 1 heterocycles. The molecule has 100 valence electrons. The molecule has 0 saturated carbocycles. The number of benzene rings is 2. The van der Waals surface area contributed by atoms with Crippen LogP contribution in [-0.2, 0) is 0 Å². The Hall–Kier alpha value is -2.95. The van der Waals surface area contributed by atoms with Gasteiger partial charge in [-0.1, -0.05) is 30.3 Å². The van der Waals surface area contributed by atoms with E-state index in [-0.39, 0.29) is 11.1 Å². The van der Waals surface area contributed by atoms with Crippen LogP contribution in [0, 0.1) is 0 Å². The summed E-state index contributed by atoms with van der Waals surface area (Å²) in [4.78, 5) is 11.7. The lowest BCUT2D eigenvalue weighted by atomic mass is 10.0. The normalized spacial score (nSPS) is 10.8. The Kier molecular flexibility index (Phi) is 2.61. The quantitative estimate of drug-likeness (QED) is 0.467. The number of aromatic hydroxyl groups is 3. The van der Waals surface area contributed by atoms with Gasteiger partial charge in [-0.3, -0.25) is 0 Å². The minimum atomic E-state index is -0.975. The Morgan fingerprint density at radius 2 is 1.55 bits per heavy atom. The summed E-state index contributed by atoms with van der Waals surface area (Å²) in [6, 6.07) is 11.5. The van der Waals surface area contributed by atoms with Crippen molar-refractivity contribution in [2.45, 2.75) is 0 Å². The van der Waals surface area contributed by atoms with Crippen molar-refractivity contribution in [2.24, 2.45) is 0 Å². The van der Waals surface area contributed by atoms with Crippen LogP contribution in [0.5, 0.6) is 17.2 Å². The lowest BCUT2D eigenvalue weighted by Gasteiger charge is -2.09. The molecular weight excluding hydrogens is 260 g/mol. The first-order valence-electron chi connectivity index (χ1n) is 5.85. The fraction of sp³-hybridized carbons (Fsp3) is 0. The van der Waals surface area contributed by atoms with Gasteiger partial charge in [0.1, 0.15) is 0 Å². The first kappa shape index (κ1) is 12.1. The van der Waals surface area contributed by atoms with Crippen molar-refractivity contribution in [1.29, 1.82) is 0 Å². The van der Waals surface area contributed by atoms with E-state index in [1.165, 1.54) is 12.1 Å². The van der Waals surface area contributed by atoms with Crippen LogP contribution < -0.4 is 5.63 Å². The van der Waals surface area contributed by atoms with Gasteiger partial charge < -0.3 is 19.7 Å². The van der Waals surface area contributed by atoms with Crippen LogP contribution in [0.25, 0.3) is 22.1 Å². The number of phenolic OH excluding ortho intramolecular Hbond substituents is 2. The Morgan fingerprint density at radius 3 is 2.25 bits per heavy atom. The van der Waals surface area contributed by atoms with E-state index >= 15 is 0 Å². The average Bonchev–Trinajstić information content (AvgIpc) is 2.46. The SMILES string of the molecule is O=c1oc2c(O)c(O)ccc2c(-c2ccccc2)c1O. The largest absolute Gasteiger partial charge is 0.504 e. The number of hydrogen-bond acceptors (Lipinski definition) is 5. The molecule has 0 aliphatic carbocycles. The molecule has 0 atom stereocenters. The summed E-state index contributed by atoms with van der Waals surface area (Å²) in [5, 5.41) is 29.5. The first-order chi connectivity index (χ1) is 9.59. The van der Waals surface area contributed by atoms with Crippen molar-refractivity contribution < 1.29 is 19.7 Å². The molecule has 0 saturated heterocycles. The predicted molar refractivity (Wildman–Crippen MR) is 72.9 cm³/mol. The summed E-state index contributed by atoms with van der Waals surface area (Å²) < 4.78 is 4.85. The van der Waals surface area contributed by atoms with Crippen molar-refractivity contribution in [3.63, 3.8) is 0 Å². The molecule has 0 aliphatic heterocycles. The van der Waals surface area contributed by atoms with Gasteiger partial charge >= 0.3 is 5.63 Å². The van der Waals surface area contributed by atoms with Gasteiger partial charge in [-0.05, 0) is 17.7 Å². The summed E-state index contributed by atoms with van der Waals surface area (Å²) in [6.07, 6.45) is 0. The highest BCUT2D eigenvalue weighted by Gasteiger charge is 2.18. The Bertz CT molecular complexity index is 850. The molecule has 20 heavy (non-hydrogen) atoms. The van der Waals surface area contributed by atoms with E-state index in [1.807, 2.05) is 0 Å². The lowest BCUT2D eigenvalue weighted by Crippen LogP contribution is -2.00. The van der Waals surface area contributed by atoms with Gasteiger partial charge in [0.05, 0.1) is 0 Å². The van der Waals surface area contributed by atoms with Crippen molar-refractivity contribution in [2.75, 3.05) is 0 Å². The van der Waals surface area contributed by atoms with Crippen LogP contribution in [0.2, 0.25) is 0 Å². The van der Waals surface area contributed by atoms with E-state index in [9.17, 15) is 20.1 Å². The molecule has 3 aromatic rings. The smallest absolute Gasteiger partial charge is 0.379 e. The molecular formula is C15H10O5. The van der Waals surface area contributed by atoms with Gasteiger partial charge in [-0.15, -0.1) is 0 Å². The van der Waals surface area contributed by atoms with Gasteiger partial charge in [-0.25, -0.2) is 4.79 Å². The van der Waals surface area contributed by atoms with Crippen LogP contribution in [0.15, 0.2) is 51.7 Å². The second-order valence-electron chi connectivity index (χ2n) is 4.29. The van der Waals surface area contributed by atoms with Gasteiger partial charge in [0, 0.05) is 10.9 Å². The van der Waals surface area contributed by atoms with E-state index in [4.69, 9.17) is 4.42 Å². The summed E-state index contributed by atoms with van der Waals surface area (Å²) in [5.41, 5.74) is -0.274. The standard InChI is InChI=1S/C15H10O5/c16-10-7-6-9-11(8-4-2-1-3-5-8)13(18)15(19)20-14(9)12(10)17/h1-7,16-18H. The number of hydrogen-bond donors (Lipinski definition) is 3. The van der Waals surface area contributed by atoms with E-state index in [2.05, 4.69) is 0 Å². The average molecular weight is 270 g/mol. The maximum atomic E-state index is 11.7. The van der Waals surface area contributed by atoms with Crippen LogP contribution in [0.3, 0.4) is 0 Å². The molecule has 3 N–H and O–H groups in total. The molecule has 5 nitrogen and oxygen atoms in total. The molecule has 0 unspecified atom stereocenters. The Labute approximate surface area is 113 Å². The van der Waals surface area contributed by atoms with Crippen LogP contribution in [0.4, 0.5) is 0 Å². The Morgan fingerprint density at radius 1 is 0.850 bits per heavy atom. The fourth-order valence-electron chi connectivity index (χ4n) is 2.13. The molecule has 5 heteroatoms. The van der Waals surface area contributed by atoms with Gasteiger partial charge in [0.2, 0.25) is 11.5 Å². The summed E-state index contributed by atoms with van der Waals surface area (Å²) in [7, 11) is 0. The number of fused-ring (bicyclic) bond motifs is 1. The van der Waals surface area contributed by atoms with E-state index in [1.54, 1.807) is 30.3 Å². The van der Waals surface area contributed by atoms with Gasteiger partial charge in [0.25, 0.3) is 0 Å². The topological polar surface area (TPSA) is 90.9 Å². The molecule has 0 fully saturated rings. The highest BCUT2D eigenvalue weighted by molar-refractivity contribution is 5.99. The maximum Gasteiger partial charge on any atom is 0.379 e. The minimum Gasteiger partial charge on any atom is -0.504 e. The highest BCUT2D eigenvalue weighted by atomic mass is 16.4. The molecule has 1 aromatic heterocycles. The van der Waals surface area contributed by atoms with Crippen molar-refractivity contribution in [3.8, 4) is 28.4 Å². The van der Waals surface area contributed by atoms with Crippen molar-refractivity contribution in [1.82, 2.24) is 0 Å². The van der Waals surface area contributed by atoms with Crippen LogP contribution >= 0.6 is 0 Å². The fourth-order valence-corrected chi connectivity index (χ4v) is 2.13. The molecule has 0 radical (unpaired) electrons. The first-order valence-corrected chi connectivity index (χ1v) is 5.85. The van der Waals surface area contributed by atoms with Crippen LogP contribution in [-0.4, -0.2) is 15.3 Å². The van der Waals surface area contributed by atoms with Gasteiger partial charge in [-0.2, -0.15) is 0 Å². The number of phenols is 2. The number of rotatable bonds is 1. The van der Waals surface area contributed by atoms with Crippen LogP contribution in [0.1, 0.15) is 0 Å². The zero-order valence-corrected chi connectivity index (χ0v) is 10.2. The Balaban J connectivity index is 2.51. The third kappa shape index (κ3) is 1.68. The molecule has 0 amide bonds. The third-order valence-corrected chi connectivity index (χ3v) is 3.07. The lowest BCUT2D eigenvalue weighted by molar-refractivity contribution is 0.390. The monoisotopic (exact) mass is 270 g/mol. The summed E-state index contributed by atoms with van der Waals surface area (Å²) in [5.74, 6) is -1.46.